The molecule has 0 saturated carbocycles. The highest BCUT2D eigenvalue weighted by Crippen LogP contribution is 2.21. The molecule has 22 heavy (non-hydrogen) atoms. The summed E-state index contributed by atoms with van der Waals surface area (Å²) >= 11 is 0. The number of carbonyl (C=O) groups excluding carboxylic acids is 2. The Hall–Kier alpha value is -2.21. The number of ether oxygens (including phenoxy) is 1. The fourth-order valence-corrected chi connectivity index (χ4v) is 2.61. The number of likely N-dealkylation sites (tertiary alicyclic amines) is 1. The third-order valence-electron chi connectivity index (χ3n) is 3.86. The van der Waals surface area contributed by atoms with Crippen LogP contribution < -0.4 is 0 Å². The van der Waals surface area contributed by atoms with Gasteiger partial charge >= 0.3 is 5.97 Å². The lowest BCUT2D eigenvalue weighted by molar-refractivity contribution is -0.148. The van der Waals surface area contributed by atoms with E-state index in [0.717, 1.165) is 0 Å². The lowest BCUT2D eigenvalue weighted by atomic mass is 10.1. The van der Waals surface area contributed by atoms with E-state index in [1.165, 1.54) is 12.0 Å². The van der Waals surface area contributed by atoms with Gasteiger partial charge < -0.3 is 14.7 Å². The highest BCUT2D eigenvalue weighted by atomic mass is 16.5. The molecule has 1 amide bonds. The highest BCUT2D eigenvalue weighted by Gasteiger charge is 2.39. The standard InChI is InChI=1S/C16H19NO5/c1-22-12-9-13(16(20)21)17(10-12)15(19)8-7-14(18)11-5-3-2-4-6-11/h2-6,12-13H,7-10H2,1H3,(H,20,21). The van der Waals surface area contributed by atoms with Crippen molar-refractivity contribution in [2.24, 2.45) is 0 Å². The molecule has 0 radical (unpaired) electrons. The van der Waals surface area contributed by atoms with Gasteiger partial charge in [-0.1, -0.05) is 30.3 Å². The molecule has 2 rings (SSSR count). The zero-order valence-electron chi connectivity index (χ0n) is 12.4. The summed E-state index contributed by atoms with van der Waals surface area (Å²) in [5.41, 5.74) is 0.557. The molecular weight excluding hydrogens is 286 g/mol. The number of hydrogen-bond donors (Lipinski definition) is 1. The molecule has 0 spiro atoms. The normalized spacial score (nSPS) is 20.9. The zero-order chi connectivity index (χ0) is 16.1. The fraction of sp³-hybridized carbons (Fsp3) is 0.438. The minimum Gasteiger partial charge on any atom is -0.480 e. The number of ketones is 1. The summed E-state index contributed by atoms with van der Waals surface area (Å²) in [5, 5.41) is 9.18. The number of carboxylic acid groups (broad SMARTS) is 1. The Labute approximate surface area is 128 Å². The summed E-state index contributed by atoms with van der Waals surface area (Å²) < 4.78 is 5.14. The molecule has 1 heterocycles. The molecule has 118 valence electrons. The average Bonchev–Trinajstić information content (AvgIpc) is 2.98. The summed E-state index contributed by atoms with van der Waals surface area (Å²) in [7, 11) is 1.50. The van der Waals surface area contributed by atoms with Gasteiger partial charge in [-0.05, 0) is 0 Å². The number of nitrogens with zero attached hydrogens (tertiary/aromatic N) is 1. The predicted octanol–water partition coefficient (Wildman–Crippen LogP) is 1.35. The van der Waals surface area contributed by atoms with Crippen molar-refractivity contribution in [1.29, 1.82) is 0 Å². The van der Waals surface area contributed by atoms with Crippen molar-refractivity contribution in [2.45, 2.75) is 31.4 Å². The van der Waals surface area contributed by atoms with Crippen LogP contribution in [0.1, 0.15) is 29.6 Å². The lowest BCUT2D eigenvalue weighted by Gasteiger charge is -2.21. The molecule has 0 aromatic heterocycles. The zero-order valence-corrected chi connectivity index (χ0v) is 12.4. The van der Waals surface area contributed by atoms with Crippen LogP contribution in [0.5, 0.6) is 0 Å². The Morgan fingerprint density at radius 1 is 1.23 bits per heavy atom. The first kappa shape index (κ1) is 16.2. The molecule has 2 atom stereocenters. The number of rotatable bonds is 6. The molecule has 1 aromatic carbocycles. The highest BCUT2D eigenvalue weighted by molar-refractivity contribution is 5.98. The number of benzene rings is 1. The van der Waals surface area contributed by atoms with E-state index in [9.17, 15) is 19.5 Å². The van der Waals surface area contributed by atoms with Gasteiger partial charge in [-0.2, -0.15) is 0 Å². The maximum absolute atomic E-state index is 12.2. The molecule has 0 aliphatic carbocycles. The maximum atomic E-state index is 12.2. The van der Waals surface area contributed by atoms with E-state index in [0.29, 0.717) is 5.56 Å². The van der Waals surface area contributed by atoms with Crippen LogP contribution in [0, 0.1) is 0 Å². The first-order chi connectivity index (χ1) is 10.5. The summed E-state index contributed by atoms with van der Waals surface area (Å²) in [6.07, 6.45) is 0.0939. The third-order valence-corrected chi connectivity index (χ3v) is 3.86. The van der Waals surface area contributed by atoms with Crippen molar-refractivity contribution in [2.75, 3.05) is 13.7 Å². The van der Waals surface area contributed by atoms with Crippen LogP contribution in [0.3, 0.4) is 0 Å². The Morgan fingerprint density at radius 3 is 2.50 bits per heavy atom. The Bertz CT molecular complexity index is 557. The van der Waals surface area contributed by atoms with Crippen molar-refractivity contribution in [1.82, 2.24) is 4.90 Å². The molecular formula is C16H19NO5. The molecule has 1 aliphatic heterocycles. The van der Waals surface area contributed by atoms with Gasteiger partial charge in [-0.25, -0.2) is 4.79 Å². The van der Waals surface area contributed by atoms with Crippen molar-refractivity contribution in [3.63, 3.8) is 0 Å². The maximum Gasteiger partial charge on any atom is 0.326 e. The molecule has 0 bridgehead atoms. The minimum atomic E-state index is -1.04. The van der Waals surface area contributed by atoms with Crippen LogP contribution in [0.2, 0.25) is 0 Å². The van der Waals surface area contributed by atoms with E-state index >= 15 is 0 Å². The molecule has 6 heteroatoms. The van der Waals surface area contributed by atoms with E-state index in [2.05, 4.69) is 0 Å². The molecule has 1 aromatic rings. The van der Waals surface area contributed by atoms with Crippen LogP contribution in [0.15, 0.2) is 30.3 Å². The van der Waals surface area contributed by atoms with Gasteiger partial charge in [0.2, 0.25) is 5.91 Å². The minimum absolute atomic E-state index is 0.00788. The second-order valence-corrected chi connectivity index (χ2v) is 5.28. The number of hydrogen-bond acceptors (Lipinski definition) is 4. The van der Waals surface area contributed by atoms with Crippen molar-refractivity contribution in [3.05, 3.63) is 35.9 Å². The van der Waals surface area contributed by atoms with Crippen LogP contribution in [-0.2, 0) is 14.3 Å². The number of carboxylic acids is 1. The van der Waals surface area contributed by atoms with E-state index in [-0.39, 0.29) is 43.6 Å². The second-order valence-electron chi connectivity index (χ2n) is 5.28. The van der Waals surface area contributed by atoms with E-state index in [4.69, 9.17) is 4.74 Å². The Balaban J connectivity index is 1.94. The quantitative estimate of drug-likeness (QED) is 0.802. The number of Topliss-reactive ketones (excluding diaryl/α,β-unsaturated/α-hetero) is 1. The first-order valence-corrected chi connectivity index (χ1v) is 7.16. The van der Waals surface area contributed by atoms with E-state index in [1.54, 1.807) is 24.3 Å². The molecule has 2 unspecified atom stereocenters. The smallest absolute Gasteiger partial charge is 0.326 e. The summed E-state index contributed by atoms with van der Waals surface area (Å²) in [6, 6.07) is 7.87. The van der Waals surface area contributed by atoms with Crippen molar-refractivity contribution >= 4 is 17.7 Å². The van der Waals surface area contributed by atoms with Gasteiger partial charge in [0.05, 0.1) is 6.10 Å². The summed E-state index contributed by atoms with van der Waals surface area (Å²) in [6.45, 7) is 0.256. The number of methoxy groups -OCH3 is 1. The average molecular weight is 305 g/mol. The monoisotopic (exact) mass is 305 g/mol. The van der Waals surface area contributed by atoms with E-state index in [1.807, 2.05) is 6.07 Å². The molecule has 6 nitrogen and oxygen atoms in total. The molecule has 1 N–H and O–H groups in total. The fourth-order valence-electron chi connectivity index (χ4n) is 2.61. The van der Waals surface area contributed by atoms with Gasteiger partial charge in [-0.15, -0.1) is 0 Å². The largest absolute Gasteiger partial charge is 0.480 e. The molecule has 1 saturated heterocycles. The van der Waals surface area contributed by atoms with Gasteiger partial charge in [0.15, 0.2) is 5.78 Å². The van der Waals surface area contributed by atoms with Crippen molar-refractivity contribution < 1.29 is 24.2 Å². The van der Waals surface area contributed by atoms with Crippen LogP contribution in [-0.4, -0.2) is 53.5 Å². The Kier molecular flexibility index (Phi) is 5.27. The molecule has 1 aliphatic rings. The topological polar surface area (TPSA) is 83.9 Å². The van der Waals surface area contributed by atoms with Gasteiger partial charge in [0, 0.05) is 38.5 Å². The lowest BCUT2D eigenvalue weighted by Crippen LogP contribution is -2.40. The number of aliphatic carboxylic acids is 1. The van der Waals surface area contributed by atoms with Crippen LogP contribution in [0.25, 0.3) is 0 Å². The second kappa shape index (κ2) is 7.17. The van der Waals surface area contributed by atoms with Crippen LogP contribution in [0.4, 0.5) is 0 Å². The Morgan fingerprint density at radius 2 is 1.91 bits per heavy atom. The van der Waals surface area contributed by atoms with Crippen molar-refractivity contribution in [3.8, 4) is 0 Å². The summed E-state index contributed by atoms with van der Waals surface area (Å²) in [4.78, 5) is 36.7. The number of amides is 1. The van der Waals surface area contributed by atoms with Gasteiger partial charge in [0.25, 0.3) is 0 Å². The predicted molar refractivity (Wildman–Crippen MR) is 78.6 cm³/mol. The summed E-state index contributed by atoms with van der Waals surface area (Å²) in [5.74, 6) is -1.48. The van der Waals surface area contributed by atoms with Crippen LogP contribution >= 0.6 is 0 Å². The molecule has 1 fully saturated rings. The van der Waals surface area contributed by atoms with E-state index < -0.39 is 12.0 Å². The number of carbonyl (C=O) groups is 3. The third kappa shape index (κ3) is 3.71. The van der Waals surface area contributed by atoms with Gasteiger partial charge in [0.1, 0.15) is 6.04 Å². The SMILES string of the molecule is COC1CC(C(=O)O)N(C(=O)CCC(=O)c2ccccc2)C1. The first-order valence-electron chi connectivity index (χ1n) is 7.16. The van der Waals surface area contributed by atoms with Gasteiger partial charge in [-0.3, -0.25) is 9.59 Å².